The van der Waals surface area contributed by atoms with Crippen molar-refractivity contribution >= 4 is 5.96 Å². The molecule has 1 aromatic carbocycles. The van der Waals surface area contributed by atoms with Crippen LogP contribution in [0.25, 0.3) is 0 Å². The summed E-state index contributed by atoms with van der Waals surface area (Å²) in [6.45, 7) is 3.39. The number of aryl methyl sites for hydroxylation is 1. The Morgan fingerprint density at radius 3 is 2.55 bits per heavy atom. The minimum atomic E-state index is -1.09. The Bertz CT molecular complexity index is 885. The Kier molecular flexibility index (Phi) is 7.08. The number of guanidine groups is 1. The molecule has 1 atom stereocenters. The lowest BCUT2D eigenvalue weighted by Gasteiger charge is -2.20. The summed E-state index contributed by atoms with van der Waals surface area (Å²) in [6.07, 6.45) is 6.79. The van der Waals surface area contributed by atoms with Crippen molar-refractivity contribution in [1.29, 1.82) is 0 Å². The number of aromatic nitrogens is 2. The molecule has 0 spiro atoms. The van der Waals surface area contributed by atoms with Gasteiger partial charge in [-0.15, -0.1) is 0 Å². The van der Waals surface area contributed by atoms with E-state index in [0.29, 0.717) is 12.5 Å². The third-order valence-corrected chi connectivity index (χ3v) is 4.66. The highest BCUT2D eigenvalue weighted by atomic mass is 16.3. The van der Waals surface area contributed by atoms with Gasteiger partial charge >= 0.3 is 0 Å². The molecule has 1 unspecified atom stereocenters. The van der Waals surface area contributed by atoms with E-state index in [0.717, 1.165) is 30.7 Å². The van der Waals surface area contributed by atoms with Crippen molar-refractivity contribution in [3.05, 3.63) is 78.0 Å². The van der Waals surface area contributed by atoms with Crippen molar-refractivity contribution in [2.24, 2.45) is 12.0 Å². The number of nitrogens with zero attached hydrogens (tertiary/aromatic N) is 3. The van der Waals surface area contributed by atoms with Crippen LogP contribution in [0.5, 0.6) is 0 Å². The molecule has 0 saturated heterocycles. The lowest BCUT2D eigenvalue weighted by Crippen LogP contribution is -2.40. The molecule has 0 amide bonds. The van der Waals surface area contributed by atoms with Gasteiger partial charge in [-0.25, -0.2) is 4.99 Å². The highest BCUT2D eigenvalue weighted by Gasteiger charge is 2.24. The minimum absolute atomic E-state index is 0.222. The van der Waals surface area contributed by atoms with E-state index >= 15 is 0 Å². The number of hydrogen-bond donors (Lipinski definition) is 3. The number of benzene rings is 1. The third-order valence-electron chi connectivity index (χ3n) is 4.66. The predicted octanol–water partition coefficient (Wildman–Crippen LogP) is 2.24. The number of hydrogen-bond acceptors (Lipinski definition) is 4. The van der Waals surface area contributed by atoms with E-state index in [1.165, 1.54) is 5.56 Å². The lowest BCUT2D eigenvalue weighted by atomic mass is 10.0. The molecule has 3 N–H and O–H groups in total. The van der Waals surface area contributed by atoms with Crippen LogP contribution in [0.15, 0.2) is 70.5 Å². The van der Waals surface area contributed by atoms with E-state index in [4.69, 9.17) is 4.42 Å². The van der Waals surface area contributed by atoms with Crippen molar-refractivity contribution < 1.29 is 9.52 Å². The Balaban J connectivity index is 1.59. The zero-order chi connectivity index (χ0) is 20.5. The van der Waals surface area contributed by atoms with E-state index in [1.54, 1.807) is 24.1 Å². The molecule has 29 heavy (non-hydrogen) atoms. The van der Waals surface area contributed by atoms with Crippen LogP contribution in [0.1, 0.15) is 23.8 Å². The summed E-state index contributed by atoms with van der Waals surface area (Å²) in [4.78, 5) is 4.61. The van der Waals surface area contributed by atoms with Crippen molar-refractivity contribution in [3.63, 3.8) is 0 Å². The highest BCUT2D eigenvalue weighted by Crippen LogP contribution is 2.19. The first-order valence-electron chi connectivity index (χ1n) is 9.83. The van der Waals surface area contributed by atoms with Crippen LogP contribution in [0.2, 0.25) is 0 Å². The average molecular weight is 396 g/mol. The highest BCUT2D eigenvalue weighted by molar-refractivity contribution is 5.79. The summed E-state index contributed by atoms with van der Waals surface area (Å²) in [7, 11) is 1.83. The topological polar surface area (TPSA) is 87.6 Å². The number of aliphatic imine (C=N–C) groups is 1. The third kappa shape index (κ3) is 6.50. The molecule has 0 saturated carbocycles. The number of furan rings is 1. The minimum Gasteiger partial charge on any atom is -0.469 e. The summed E-state index contributed by atoms with van der Waals surface area (Å²) in [5.41, 5.74) is 0.906. The van der Waals surface area contributed by atoms with Gasteiger partial charge in [0, 0.05) is 38.3 Å². The normalized spacial score (nSPS) is 13.8. The maximum Gasteiger partial charge on any atom is 0.191 e. The van der Waals surface area contributed by atoms with Gasteiger partial charge in [0.1, 0.15) is 11.4 Å². The number of rotatable bonds is 9. The fraction of sp³-hybridized carbons (Fsp3) is 0.364. The first kappa shape index (κ1) is 20.7. The van der Waals surface area contributed by atoms with Gasteiger partial charge in [-0.2, -0.15) is 5.10 Å². The van der Waals surface area contributed by atoms with Gasteiger partial charge in [0.05, 0.1) is 19.0 Å². The molecule has 0 radical (unpaired) electrons. The van der Waals surface area contributed by atoms with Crippen LogP contribution < -0.4 is 10.6 Å². The average Bonchev–Trinajstić information content (AvgIpc) is 3.39. The number of aliphatic hydroxyl groups is 1. The summed E-state index contributed by atoms with van der Waals surface area (Å²) in [5, 5.41) is 21.6. The van der Waals surface area contributed by atoms with E-state index in [2.05, 4.69) is 32.9 Å². The Hall–Kier alpha value is -3.06. The summed E-state index contributed by atoms with van der Waals surface area (Å²) in [6, 6.07) is 14.1. The predicted molar refractivity (Wildman–Crippen MR) is 114 cm³/mol. The molecule has 0 fully saturated rings. The molecule has 3 aromatic rings. The van der Waals surface area contributed by atoms with Gasteiger partial charge < -0.3 is 20.2 Å². The van der Waals surface area contributed by atoms with Crippen molar-refractivity contribution in [2.75, 3.05) is 19.6 Å². The molecule has 0 aliphatic carbocycles. The monoisotopic (exact) mass is 395 g/mol. The summed E-state index contributed by atoms with van der Waals surface area (Å²) < 4.78 is 7.05. The van der Waals surface area contributed by atoms with Crippen LogP contribution in [0.3, 0.4) is 0 Å². The van der Waals surface area contributed by atoms with Gasteiger partial charge in [-0.3, -0.25) is 4.68 Å². The van der Waals surface area contributed by atoms with E-state index < -0.39 is 5.60 Å². The van der Waals surface area contributed by atoms with Crippen LogP contribution in [-0.2, 0) is 25.5 Å². The van der Waals surface area contributed by atoms with Crippen LogP contribution in [0, 0.1) is 0 Å². The largest absolute Gasteiger partial charge is 0.469 e. The van der Waals surface area contributed by atoms with Gasteiger partial charge in [0.25, 0.3) is 0 Å². The van der Waals surface area contributed by atoms with Crippen LogP contribution in [0.4, 0.5) is 0 Å². The van der Waals surface area contributed by atoms with Crippen molar-refractivity contribution in [1.82, 2.24) is 20.4 Å². The quantitative estimate of drug-likeness (QED) is 0.382. The molecule has 0 bridgehead atoms. The molecular formula is C22H29N5O2. The fourth-order valence-corrected chi connectivity index (χ4v) is 2.93. The Morgan fingerprint density at radius 2 is 1.90 bits per heavy atom. The SMILES string of the molecule is Cn1cc(C(C)(O)CN=C(NCCc2ccccc2)NCCc2ccco2)cn1. The zero-order valence-corrected chi connectivity index (χ0v) is 17.0. The second kappa shape index (κ2) is 9.93. The molecule has 7 nitrogen and oxygen atoms in total. The maximum absolute atomic E-state index is 10.8. The first-order chi connectivity index (χ1) is 14.0. The Morgan fingerprint density at radius 1 is 1.14 bits per heavy atom. The zero-order valence-electron chi connectivity index (χ0n) is 17.0. The van der Waals surface area contributed by atoms with Gasteiger partial charge in [-0.05, 0) is 31.0 Å². The fourth-order valence-electron chi connectivity index (χ4n) is 2.93. The van der Waals surface area contributed by atoms with Crippen molar-refractivity contribution in [2.45, 2.75) is 25.4 Å². The van der Waals surface area contributed by atoms with E-state index in [9.17, 15) is 5.11 Å². The molecule has 154 valence electrons. The second-order valence-corrected chi connectivity index (χ2v) is 7.26. The molecular weight excluding hydrogens is 366 g/mol. The standard InChI is InChI=1S/C22H29N5O2/c1-22(28,19-15-26-27(2)16-19)17-25-21(24-13-11-20-9-6-14-29-20)23-12-10-18-7-4-3-5-8-18/h3-9,14-16,28H,10-13,17H2,1-2H3,(H2,23,24,25). The molecule has 0 aliphatic heterocycles. The smallest absolute Gasteiger partial charge is 0.191 e. The van der Waals surface area contributed by atoms with Gasteiger partial charge in [0.2, 0.25) is 0 Å². The molecule has 7 heteroatoms. The molecule has 0 aliphatic rings. The van der Waals surface area contributed by atoms with Gasteiger partial charge in [0.15, 0.2) is 5.96 Å². The molecule has 2 heterocycles. The molecule has 3 rings (SSSR count). The number of nitrogens with one attached hydrogen (secondary N) is 2. The summed E-state index contributed by atoms with van der Waals surface area (Å²) >= 11 is 0. The maximum atomic E-state index is 10.8. The summed E-state index contributed by atoms with van der Waals surface area (Å²) in [5.74, 6) is 1.58. The van der Waals surface area contributed by atoms with Crippen LogP contribution in [-0.4, -0.2) is 40.5 Å². The van der Waals surface area contributed by atoms with Crippen molar-refractivity contribution in [3.8, 4) is 0 Å². The first-order valence-corrected chi connectivity index (χ1v) is 9.83. The van der Waals surface area contributed by atoms with E-state index in [1.807, 2.05) is 43.6 Å². The second-order valence-electron chi connectivity index (χ2n) is 7.26. The van der Waals surface area contributed by atoms with Gasteiger partial charge in [-0.1, -0.05) is 30.3 Å². The van der Waals surface area contributed by atoms with Crippen LogP contribution >= 0.6 is 0 Å². The lowest BCUT2D eigenvalue weighted by molar-refractivity contribution is 0.0672. The Labute approximate surface area is 171 Å². The molecule has 2 aromatic heterocycles. The van der Waals surface area contributed by atoms with E-state index in [-0.39, 0.29) is 6.54 Å².